The molecule has 2 aliphatic carbocycles. The number of carbonyl (C=O) groups is 1. The van der Waals surface area contributed by atoms with Crippen molar-refractivity contribution in [2.45, 2.75) is 70.4 Å². The van der Waals surface area contributed by atoms with Crippen molar-refractivity contribution in [2.75, 3.05) is 16.2 Å². The van der Waals surface area contributed by atoms with Crippen LogP contribution in [0.2, 0.25) is 0 Å². The summed E-state index contributed by atoms with van der Waals surface area (Å²) in [4.78, 5) is 13.0. The van der Waals surface area contributed by atoms with Gasteiger partial charge in [0.25, 0.3) is 0 Å². The molecule has 2 N–H and O–H groups in total. The molecule has 1 aliphatic heterocycles. The van der Waals surface area contributed by atoms with Crippen molar-refractivity contribution in [3.8, 4) is 0 Å². The monoisotopic (exact) mass is 496 g/mol. The van der Waals surface area contributed by atoms with Crippen LogP contribution >= 0.6 is 0 Å². The maximum atomic E-state index is 13.5. The SMILES string of the molecule is C[C@H]1C[C@@H](N(c2cnn(C)c2)S(=O)(=O)NC(=O)Nc2c3c(cc4c2CCC4)CCC3)CCO1.[Na]. The topological polar surface area (TPSA) is 106 Å². The summed E-state index contributed by atoms with van der Waals surface area (Å²) in [7, 11) is -2.44. The van der Waals surface area contributed by atoms with Crippen LogP contribution in [0.4, 0.5) is 16.2 Å². The van der Waals surface area contributed by atoms with E-state index < -0.39 is 16.2 Å². The summed E-state index contributed by atoms with van der Waals surface area (Å²) in [6.45, 7) is 2.39. The third-order valence-electron chi connectivity index (χ3n) is 6.93. The molecule has 1 fully saturated rings. The van der Waals surface area contributed by atoms with Gasteiger partial charge in [0.1, 0.15) is 0 Å². The molecule has 0 unspecified atom stereocenters. The first-order valence-corrected chi connectivity index (χ1v) is 13.2. The quantitative estimate of drug-likeness (QED) is 0.619. The number of aromatic nitrogens is 2. The van der Waals surface area contributed by atoms with E-state index in [4.69, 9.17) is 4.74 Å². The fourth-order valence-electron chi connectivity index (χ4n) is 5.53. The average molecular weight is 497 g/mol. The molecule has 0 bridgehead atoms. The molecular weight excluding hydrogens is 465 g/mol. The Hall–Kier alpha value is -1.59. The largest absolute Gasteiger partial charge is 0.378 e. The Bertz CT molecular complexity index is 1150. The fraction of sp³-hybridized carbons (Fsp3) is 0.565. The van der Waals surface area contributed by atoms with Crippen molar-refractivity contribution in [3.05, 3.63) is 40.7 Å². The molecule has 0 saturated carbocycles. The molecular formula is C23H31N5NaO4S. The molecule has 34 heavy (non-hydrogen) atoms. The predicted octanol–water partition coefficient (Wildman–Crippen LogP) is 2.46. The summed E-state index contributed by atoms with van der Waals surface area (Å²) < 4.78 is 37.7. The van der Waals surface area contributed by atoms with E-state index in [1.165, 1.54) is 21.6 Å². The van der Waals surface area contributed by atoms with E-state index in [2.05, 4.69) is 21.2 Å². The Morgan fingerprint density at radius 3 is 2.44 bits per heavy atom. The number of amides is 2. The fourth-order valence-corrected chi connectivity index (χ4v) is 6.87. The summed E-state index contributed by atoms with van der Waals surface area (Å²) in [5.41, 5.74) is 6.12. The molecule has 2 aromatic rings. The minimum absolute atomic E-state index is 0. The van der Waals surface area contributed by atoms with Gasteiger partial charge in [-0.1, -0.05) is 6.07 Å². The normalized spacial score (nSPS) is 21.4. The van der Waals surface area contributed by atoms with Crippen molar-refractivity contribution in [1.82, 2.24) is 14.5 Å². The zero-order valence-corrected chi connectivity index (χ0v) is 23.0. The van der Waals surface area contributed by atoms with E-state index >= 15 is 0 Å². The molecule has 1 radical (unpaired) electrons. The first-order chi connectivity index (χ1) is 15.8. The zero-order valence-electron chi connectivity index (χ0n) is 20.1. The van der Waals surface area contributed by atoms with Gasteiger partial charge in [-0.25, -0.2) is 13.8 Å². The van der Waals surface area contributed by atoms with Gasteiger partial charge in [0.05, 0.1) is 24.0 Å². The standard InChI is InChI=1S/C23H31N5O4S.Na/c1-15-11-18(9-10-32-15)28(19-13-24-27(2)14-19)33(30,31)26-23(29)25-22-20-7-3-5-16(20)12-17-6-4-8-21(17)22;/h12-15,18H,3-11H2,1-2H3,(H2,25,26,29);/t15-,18-;/m0./s1. The molecule has 3 aliphatic rings. The van der Waals surface area contributed by atoms with Crippen LogP contribution in [0.1, 0.15) is 54.9 Å². The number of aryl methyl sites for hydroxylation is 3. The number of anilines is 2. The van der Waals surface area contributed by atoms with Crippen LogP contribution < -0.4 is 14.3 Å². The number of hydrogen-bond acceptors (Lipinski definition) is 5. The van der Waals surface area contributed by atoms with Gasteiger partial charge in [-0.05, 0) is 80.5 Å². The summed E-state index contributed by atoms with van der Waals surface area (Å²) in [6.07, 6.45) is 10.1. The van der Waals surface area contributed by atoms with Gasteiger partial charge in [-0.15, -0.1) is 0 Å². The van der Waals surface area contributed by atoms with Gasteiger partial charge in [-0.3, -0.25) is 4.68 Å². The third-order valence-corrected chi connectivity index (χ3v) is 8.40. The Morgan fingerprint density at radius 1 is 1.18 bits per heavy atom. The molecule has 2 amide bonds. The number of benzene rings is 1. The maximum Gasteiger partial charge on any atom is 0.334 e. The summed E-state index contributed by atoms with van der Waals surface area (Å²) in [5, 5.41) is 7.06. The van der Waals surface area contributed by atoms with Gasteiger partial charge in [0.15, 0.2) is 0 Å². The van der Waals surface area contributed by atoms with Gasteiger partial charge < -0.3 is 10.1 Å². The van der Waals surface area contributed by atoms with E-state index in [1.807, 2.05) is 6.92 Å². The van der Waals surface area contributed by atoms with E-state index in [-0.39, 0.29) is 41.7 Å². The average Bonchev–Trinajstić information content (AvgIpc) is 3.48. The van der Waals surface area contributed by atoms with Crippen LogP contribution in [0.5, 0.6) is 0 Å². The second-order valence-electron chi connectivity index (χ2n) is 9.32. The van der Waals surface area contributed by atoms with Gasteiger partial charge in [0.2, 0.25) is 0 Å². The first-order valence-electron chi connectivity index (χ1n) is 11.7. The molecule has 0 spiro atoms. The molecule has 2 atom stereocenters. The smallest absolute Gasteiger partial charge is 0.334 e. The van der Waals surface area contributed by atoms with E-state index in [1.54, 1.807) is 17.9 Å². The van der Waals surface area contributed by atoms with E-state index in [9.17, 15) is 13.2 Å². The van der Waals surface area contributed by atoms with Crippen LogP contribution in [0.3, 0.4) is 0 Å². The molecule has 5 rings (SSSR count). The molecule has 1 aromatic carbocycles. The van der Waals surface area contributed by atoms with Crippen LogP contribution in [-0.2, 0) is 47.7 Å². The summed E-state index contributed by atoms with van der Waals surface area (Å²) in [5.74, 6) is 0. The number of fused-ring (bicyclic) bond motifs is 2. The number of carbonyl (C=O) groups excluding carboxylic acids is 1. The molecule has 11 heteroatoms. The second kappa shape index (κ2) is 10.2. The van der Waals surface area contributed by atoms with Crippen LogP contribution in [-0.4, -0.2) is 72.5 Å². The molecule has 179 valence electrons. The van der Waals surface area contributed by atoms with Crippen molar-refractivity contribution in [3.63, 3.8) is 0 Å². The minimum atomic E-state index is -4.17. The second-order valence-corrected chi connectivity index (χ2v) is 10.9. The van der Waals surface area contributed by atoms with Crippen molar-refractivity contribution in [2.24, 2.45) is 7.05 Å². The number of hydrogen-bond donors (Lipinski definition) is 2. The zero-order chi connectivity index (χ0) is 23.2. The summed E-state index contributed by atoms with van der Waals surface area (Å²) >= 11 is 0. The number of nitrogens with one attached hydrogen (secondary N) is 2. The number of ether oxygens (including phenoxy) is 1. The van der Waals surface area contributed by atoms with Gasteiger partial charge in [-0.2, -0.15) is 13.5 Å². The number of rotatable bonds is 5. The maximum absolute atomic E-state index is 13.5. The molecule has 9 nitrogen and oxygen atoms in total. The number of nitrogens with zero attached hydrogens (tertiary/aromatic N) is 3. The Morgan fingerprint density at radius 2 is 1.85 bits per heavy atom. The molecule has 1 aromatic heterocycles. The Labute approximate surface area is 223 Å². The molecule has 2 heterocycles. The van der Waals surface area contributed by atoms with Gasteiger partial charge in [0, 0.05) is 55.1 Å². The van der Waals surface area contributed by atoms with Crippen molar-refractivity contribution >= 4 is 57.2 Å². The van der Waals surface area contributed by atoms with Crippen LogP contribution in [0.25, 0.3) is 0 Å². The van der Waals surface area contributed by atoms with Crippen LogP contribution in [0, 0.1) is 0 Å². The summed E-state index contributed by atoms with van der Waals surface area (Å²) in [6, 6.07) is 1.23. The Balaban J connectivity index is 0.00000274. The van der Waals surface area contributed by atoms with E-state index in [0.717, 1.165) is 55.3 Å². The van der Waals surface area contributed by atoms with Crippen molar-refractivity contribution in [1.29, 1.82) is 0 Å². The van der Waals surface area contributed by atoms with Crippen molar-refractivity contribution < 1.29 is 17.9 Å². The van der Waals surface area contributed by atoms with E-state index in [0.29, 0.717) is 25.1 Å². The third kappa shape index (κ3) is 5.02. The molecule has 1 saturated heterocycles. The minimum Gasteiger partial charge on any atom is -0.378 e. The van der Waals surface area contributed by atoms with Crippen LogP contribution in [0.15, 0.2) is 18.5 Å². The number of urea groups is 1. The first kappa shape index (κ1) is 25.5. The Kier molecular flexibility index (Phi) is 7.64. The predicted molar refractivity (Wildman–Crippen MR) is 131 cm³/mol. The van der Waals surface area contributed by atoms with Gasteiger partial charge >= 0.3 is 16.2 Å².